The molecule has 1 fully saturated rings. The van der Waals surface area contributed by atoms with Crippen molar-refractivity contribution in [2.45, 2.75) is 18.4 Å². The van der Waals surface area contributed by atoms with Crippen LogP contribution in [0.25, 0.3) is 0 Å². The Kier molecular flexibility index (Phi) is 2.46. The SMILES string of the molecule is CNC1(C(N)=O)CCOCC1. The van der Waals surface area contributed by atoms with Gasteiger partial charge >= 0.3 is 0 Å². The summed E-state index contributed by atoms with van der Waals surface area (Å²) in [5, 5.41) is 2.96. The Balaban J connectivity index is 2.64. The van der Waals surface area contributed by atoms with E-state index in [4.69, 9.17) is 10.5 Å². The monoisotopic (exact) mass is 158 g/mol. The fraction of sp³-hybridized carbons (Fsp3) is 0.857. The molecule has 0 radical (unpaired) electrons. The summed E-state index contributed by atoms with van der Waals surface area (Å²) in [6, 6.07) is 0. The lowest BCUT2D eigenvalue weighted by molar-refractivity contribution is -0.128. The lowest BCUT2D eigenvalue weighted by Crippen LogP contribution is -2.56. The topological polar surface area (TPSA) is 64.3 Å². The number of nitrogens with two attached hydrogens (primary N) is 1. The van der Waals surface area contributed by atoms with Gasteiger partial charge in [0.15, 0.2) is 0 Å². The summed E-state index contributed by atoms with van der Waals surface area (Å²) in [4.78, 5) is 11.0. The molecule has 0 unspecified atom stereocenters. The number of carbonyl (C=O) groups is 1. The largest absolute Gasteiger partial charge is 0.381 e. The number of nitrogens with one attached hydrogen (secondary N) is 1. The van der Waals surface area contributed by atoms with Crippen molar-refractivity contribution in [2.24, 2.45) is 5.73 Å². The summed E-state index contributed by atoms with van der Waals surface area (Å²) in [5.41, 5.74) is 4.74. The molecule has 11 heavy (non-hydrogen) atoms. The fourth-order valence-electron chi connectivity index (χ4n) is 1.34. The summed E-state index contributed by atoms with van der Waals surface area (Å²) in [6.07, 6.45) is 1.36. The normalized spacial score (nSPS) is 23.0. The molecule has 1 amide bonds. The van der Waals surface area contributed by atoms with Gasteiger partial charge in [0.25, 0.3) is 0 Å². The van der Waals surface area contributed by atoms with Crippen LogP contribution in [0.1, 0.15) is 12.8 Å². The van der Waals surface area contributed by atoms with Gasteiger partial charge in [0, 0.05) is 13.2 Å². The highest BCUT2D eigenvalue weighted by Crippen LogP contribution is 2.19. The van der Waals surface area contributed by atoms with Crippen LogP contribution in [0.3, 0.4) is 0 Å². The highest BCUT2D eigenvalue weighted by Gasteiger charge is 2.36. The number of amides is 1. The smallest absolute Gasteiger partial charge is 0.237 e. The molecular formula is C7H14N2O2. The van der Waals surface area contributed by atoms with Crippen molar-refractivity contribution in [2.75, 3.05) is 20.3 Å². The molecule has 1 aliphatic heterocycles. The van der Waals surface area contributed by atoms with Crippen LogP contribution < -0.4 is 11.1 Å². The van der Waals surface area contributed by atoms with Crippen molar-refractivity contribution in [1.82, 2.24) is 5.32 Å². The van der Waals surface area contributed by atoms with Gasteiger partial charge in [0.05, 0.1) is 0 Å². The van der Waals surface area contributed by atoms with E-state index in [1.54, 1.807) is 7.05 Å². The molecule has 1 rings (SSSR count). The average Bonchev–Trinajstić information content (AvgIpc) is 2.05. The lowest BCUT2D eigenvalue weighted by Gasteiger charge is -2.33. The van der Waals surface area contributed by atoms with E-state index in [-0.39, 0.29) is 5.91 Å². The van der Waals surface area contributed by atoms with Gasteiger partial charge in [-0.3, -0.25) is 4.79 Å². The second-order valence-electron chi connectivity index (χ2n) is 2.81. The molecule has 1 aliphatic rings. The number of hydrogen-bond acceptors (Lipinski definition) is 3. The van der Waals surface area contributed by atoms with E-state index < -0.39 is 5.54 Å². The third-order valence-corrected chi connectivity index (χ3v) is 2.30. The van der Waals surface area contributed by atoms with Crippen LogP contribution in [0.15, 0.2) is 0 Å². The van der Waals surface area contributed by atoms with Gasteiger partial charge in [-0.2, -0.15) is 0 Å². The molecular weight excluding hydrogens is 144 g/mol. The van der Waals surface area contributed by atoms with E-state index in [0.717, 1.165) is 0 Å². The minimum Gasteiger partial charge on any atom is -0.381 e. The third-order valence-electron chi connectivity index (χ3n) is 2.30. The molecule has 0 saturated carbocycles. The summed E-state index contributed by atoms with van der Waals surface area (Å²) in [6.45, 7) is 1.23. The predicted molar refractivity (Wildman–Crippen MR) is 41.0 cm³/mol. The Morgan fingerprint density at radius 3 is 2.36 bits per heavy atom. The molecule has 0 aromatic carbocycles. The first kappa shape index (κ1) is 8.49. The standard InChI is InChI=1S/C7H14N2O2/c1-9-7(6(8)10)2-4-11-5-3-7/h9H,2-5H2,1H3,(H2,8,10). The molecule has 4 heteroatoms. The first-order chi connectivity index (χ1) is 5.21. The van der Waals surface area contributed by atoms with E-state index in [0.29, 0.717) is 26.1 Å². The molecule has 1 heterocycles. The summed E-state index contributed by atoms with van der Waals surface area (Å²) in [5.74, 6) is -0.275. The third kappa shape index (κ3) is 1.52. The number of ether oxygens (including phenoxy) is 1. The van der Waals surface area contributed by atoms with Crippen LogP contribution in [0.4, 0.5) is 0 Å². The van der Waals surface area contributed by atoms with Crippen molar-refractivity contribution in [3.63, 3.8) is 0 Å². The Bertz CT molecular complexity index is 153. The molecule has 4 nitrogen and oxygen atoms in total. The Hall–Kier alpha value is -0.610. The highest BCUT2D eigenvalue weighted by molar-refractivity contribution is 5.84. The number of rotatable bonds is 2. The predicted octanol–water partition coefficient (Wildman–Crippen LogP) is -0.760. The van der Waals surface area contributed by atoms with Crippen molar-refractivity contribution >= 4 is 5.91 Å². The van der Waals surface area contributed by atoms with Crippen LogP contribution in [0.5, 0.6) is 0 Å². The summed E-state index contributed by atoms with van der Waals surface area (Å²) in [7, 11) is 1.76. The van der Waals surface area contributed by atoms with Crippen molar-refractivity contribution in [1.29, 1.82) is 0 Å². The second-order valence-corrected chi connectivity index (χ2v) is 2.81. The molecule has 0 bridgehead atoms. The number of primary amides is 1. The molecule has 0 aromatic heterocycles. The van der Waals surface area contributed by atoms with E-state index in [1.807, 2.05) is 0 Å². The minimum absolute atomic E-state index is 0.275. The maximum atomic E-state index is 11.0. The van der Waals surface area contributed by atoms with Gasteiger partial charge in [-0.1, -0.05) is 0 Å². The minimum atomic E-state index is -0.516. The second kappa shape index (κ2) is 3.19. The fourth-order valence-corrected chi connectivity index (χ4v) is 1.34. The van der Waals surface area contributed by atoms with Crippen molar-refractivity contribution in [3.05, 3.63) is 0 Å². The zero-order valence-corrected chi connectivity index (χ0v) is 6.72. The maximum absolute atomic E-state index is 11.0. The van der Waals surface area contributed by atoms with E-state index >= 15 is 0 Å². The van der Waals surface area contributed by atoms with E-state index in [1.165, 1.54) is 0 Å². The molecule has 0 aromatic rings. The van der Waals surface area contributed by atoms with E-state index in [2.05, 4.69) is 5.32 Å². The Labute approximate surface area is 66.1 Å². The number of carbonyl (C=O) groups excluding carboxylic acids is 1. The molecule has 64 valence electrons. The van der Waals surface area contributed by atoms with Crippen LogP contribution in [0, 0.1) is 0 Å². The van der Waals surface area contributed by atoms with Gasteiger partial charge in [-0.25, -0.2) is 0 Å². The number of likely N-dealkylation sites (N-methyl/N-ethyl adjacent to an activating group) is 1. The molecule has 1 saturated heterocycles. The Morgan fingerprint density at radius 2 is 2.09 bits per heavy atom. The molecule has 0 atom stereocenters. The zero-order valence-electron chi connectivity index (χ0n) is 6.72. The first-order valence-corrected chi connectivity index (χ1v) is 3.78. The number of hydrogen-bond donors (Lipinski definition) is 2. The lowest BCUT2D eigenvalue weighted by atomic mass is 9.90. The Morgan fingerprint density at radius 1 is 1.55 bits per heavy atom. The van der Waals surface area contributed by atoms with Crippen LogP contribution >= 0.6 is 0 Å². The molecule has 3 N–H and O–H groups in total. The maximum Gasteiger partial charge on any atom is 0.237 e. The van der Waals surface area contributed by atoms with Gasteiger partial charge in [-0.05, 0) is 19.9 Å². The van der Waals surface area contributed by atoms with Gasteiger partial charge < -0.3 is 15.8 Å². The highest BCUT2D eigenvalue weighted by atomic mass is 16.5. The first-order valence-electron chi connectivity index (χ1n) is 3.78. The average molecular weight is 158 g/mol. The van der Waals surface area contributed by atoms with Crippen molar-refractivity contribution in [3.8, 4) is 0 Å². The van der Waals surface area contributed by atoms with E-state index in [9.17, 15) is 4.79 Å². The summed E-state index contributed by atoms with van der Waals surface area (Å²) < 4.78 is 5.13. The molecule has 0 aliphatic carbocycles. The molecule has 0 spiro atoms. The zero-order chi connectivity index (χ0) is 8.32. The van der Waals surface area contributed by atoms with Gasteiger partial charge in [0.2, 0.25) is 5.91 Å². The van der Waals surface area contributed by atoms with Crippen molar-refractivity contribution < 1.29 is 9.53 Å². The summed E-state index contributed by atoms with van der Waals surface area (Å²) >= 11 is 0. The van der Waals surface area contributed by atoms with Gasteiger partial charge in [-0.15, -0.1) is 0 Å². The van der Waals surface area contributed by atoms with Crippen LogP contribution in [-0.4, -0.2) is 31.7 Å². The van der Waals surface area contributed by atoms with Gasteiger partial charge in [0.1, 0.15) is 5.54 Å². The van der Waals surface area contributed by atoms with Crippen LogP contribution in [0.2, 0.25) is 0 Å². The quantitative estimate of drug-likeness (QED) is 0.555. The van der Waals surface area contributed by atoms with Crippen LogP contribution in [-0.2, 0) is 9.53 Å².